The third kappa shape index (κ3) is 3.41. The maximum absolute atomic E-state index is 11.1. The Hall–Kier alpha value is -2.79. The normalized spacial score (nSPS) is 10.4. The van der Waals surface area contributed by atoms with Gasteiger partial charge in [0.2, 0.25) is 0 Å². The van der Waals surface area contributed by atoms with Gasteiger partial charge >= 0.3 is 0 Å². The van der Waals surface area contributed by atoms with E-state index in [2.05, 4.69) is 0 Å². The van der Waals surface area contributed by atoms with Crippen molar-refractivity contribution >= 4 is 17.4 Å². The highest BCUT2D eigenvalue weighted by molar-refractivity contribution is 7.99. The summed E-state index contributed by atoms with van der Waals surface area (Å²) in [7, 11) is 1.65. The number of nitro benzene ring substituents is 1. The van der Waals surface area contributed by atoms with Crippen LogP contribution < -0.4 is 4.74 Å². The fourth-order valence-electron chi connectivity index (χ4n) is 2.41. The molecule has 5 heteroatoms. The van der Waals surface area contributed by atoms with Crippen LogP contribution in [-0.2, 0) is 0 Å². The zero-order valence-corrected chi connectivity index (χ0v) is 13.8. The molecule has 0 heterocycles. The van der Waals surface area contributed by atoms with Crippen LogP contribution in [0.25, 0.3) is 11.1 Å². The molecule has 0 aliphatic heterocycles. The van der Waals surface area contributed by atoms with Crippen LogP contribution in [-0.4, -0.2) is 12.0 Å². The van der Waals surface area contributed by atoms with Gasteiger partial charge in [0.25, 0.3) is 5.69 Å². The van der Waals surface area contributed by atoms with Gasteiger partial charge in [-0.3, -0.25) is 10.1 Å². The van der Waals surface area contributed by atoms with E-state index in [1.165, 1.54) is 17.8 Å². The average molecular weight is 337 g/mol. The van der Waals surface area contributed by atoms with Gasteiger partial charge in [0, 0.05) is 16.5 Å². The van der Waals surface area contributed by atoms with Crippen molar-refractivity contribution in [2.75, 3.05) is 7.11 Å². The zero-order chi connectivity index (χ0) is 16.9. The standard InChI is InChI=1S/C19H15NO3S/c1-23-18-8-4-2-6-16(18)14-10-12-15(13-11-14)24-19-9-5-3-7-17(19)20(21)22/h2-13H,1H3. The van der Waals surface area contributed by atoms with E-state index in [0.717, 1.165) is 21.8 Å². The summed E-state index contributed by atoms with van der Waals surface area (Å²) in [5, 5.41) is 11.1. The van der Waals surface area contributed by atoms with Crippen molar-refractivity contribution in [3.63, 3.8) is 0 Å². The first kappa shape index (κ1) is 16.1. The van der Waals surface area contributed by atoms with Crippen LogP contribution in [0.5, 0.6) is 5.75 Å². The highest BCUT2D eigenvalue weighted by atomic mass is 32.2. The number of hydrogen-bond donors (Lipinski definition) is 0. The minimum atomic E-state index is -0.356. The van der Waals surface area contributed by atoms with Crippen molar-refractivity contribution in [2.24, 2.45) is 0 Å². The van der Waals surface area contributed by atoms with Gasteiger partial charge in [-0.2, -0.15) is 0 Å². The van der Waals surface area contributed by atoms with Crippen LogP contribution in [0.3, 0.4) is 0 Å². The van der Waals surface area contributed by atoms with Gasteiger partial charge in [0.05, 0.1) is 16.9 Å². The summed E-state index contributed by atoms with van der Waals surface area (Å²) < 4.78 is 5.39. The summed E-state index contributed by atoms with van der Waals surface area (Å²) in [5.74, 6) is 0.816. The molecule has 0 saturated heterocycles. The second-order valence-electron chi connectivity index (χ2n) is 5.05. The van der Waals surface area contributed by atoms with Gasteiger partial charge in [-0.15, -0.1) is 0 Å². The quantitative estimate of drug-likeness (QED) is 0.461. The van der Waals surface area contributed by atoms with Crippen LogP contribution in [0.15, 0.2) is 82.6 Å². The molecular formula is C19H15NO3S. The first-order chi connectivity index (χ1) is 11.7. The lowest BCUT2D eigenvalue weighted by atomic mass is 10.1. The summed E-state index contributed by atoms with van der Waals surface area (Å²) >= 11 is 1.38. The molecule has 3 rings (SSSR count). The molecule has 0 aliphatic carbocycles. The summed E-state index contributed by atoms with van der Waals surface area (Å²) in [6.45, 7) is 0. The third-order valence-corrected chi connectivity index (χ3v) is 4.64. The first-order valence-corrected chi connectivity index (χ1v) is 8.15. The molecule has 0 spiro atoms. The van der Waals surface area contributed by atoms with Crippen molar-refractivity contribution in [3.8, 4) is 16.9 Å². The maximum atomic E-state index is 11.1. The second-order valence-corrected chi connectivity index (χ2v) is 6.17. The molecule has 0 saturated carbocycles. The number of nitro groups is 1. The first-order valence-electron chi connectivity index (χ1n) is 7.34. The molecule has 0 aromatic heterocycles. The second kappa shape index (κ2) is 7.19. The fraction of sp³-hybridized carbons (Fsp3) is 0.0526. The molecule has 4 nitrogen and oxygen atoms in total. The Balaban J connectivity index is 1.87. The number of hydrogen-bond acceptors (Lipinski definition) is 4. The van der Waals surface area contributed by atoms with Crippen LogP contribution in [0.4, 0.5) is 5.69 Å². The van der Waals surface area contributed by atoms with Crippen molar-refractivity contribution in [2.45, 2.75) is 9.79 Å². The van der Waals surface area contributed by atoms with E-state index in [9.17, 15) is 10.1 Å². The highest BCUT2D eigenvalue weighted by Gasteiger charge is 2.13. The molecule has 0 radical (unpaired) electrons. The van der Waals surface area contributed by atoms with E-state index in [4.69, 9.17) is 4.74 Å². The Bertz CT molecular complexity index is 862. The van der Waals surface area contributed by atoms with E-state index < -0.39 is 0 Å². The van der Waals surface area contributed by atoms with E-state index in [1.54, 1.807) is 25.3 Å². The SMILES string of the molecule is COc1ccccc1-c1ccc(Sc2ccccc2[N+](=O)[O-])cc1. The molecule has 0 unspecified atom stereocenters. The summed E-state index contributed by atoms with van der Waals surface area (Å²) in [6.07, 6.45) is 0. The number of ether oxygens (including phenoxy) is 1. The molecule has 24 heavy (non-hydrogen) atoms. The third-order valence-electron chi connectivity index (χ3n) is 3.56. The number of para-hydroxylation sites is 2. The molecular weight excluding hydrogens is 322 g/mol. The Morgan fingerprint density at radius 1 is 0.917 bits per heavy atom. The van der Waals surface area contributed by atoms with Crippen LogP contribution in [0.1, 0.15) is 0 Å². The van der Waals surface area contributed by atoms with Gasteiger partial charge in [-0.1, -0.05) is 54.2 Å². The van der Waals surface area contributed by atoms with E-state index in [-0.39, 0.29) is 10.6 Å². The largest absolute Gasteiger partial charge is 0.496 e. The lowest BCUT2D eigenvalue weighted by Gasteiger charge is -2.09. The number of nitrogens with zero attached hydrogens (tertiary/aromatic N) is 1. The average Bonchev–Trinajstić information content (AvgIpc) is 2.62. The molecule has 0 atom stereocenters. The Kier molecular flexibility index (Phi) is 4.82. The van der Waals surface area contributed by atoms with Gasteiger partial charge in [-0.05, 0) is 29.8 Å². The van der Waals surface area contributed by atoms with Crippen LogP contribution in [0, 0.1) is 10.1 Å². The molecule has 120 valence electrons. The Morgan fingerprint density at radius 2 is 1.58 bits per heavy atom. The van der Waals surface area contributed by atoms with E-state index in [1.807, 2.05) is 48.5 Å². The maximum Gasteiger partial charge on any atom is 0.283 e. The molecule has 0 bridgehead atoms. The van der Waals surface area contributed by atoms with Gasteiger partial charge in [-0.25, -0.2) is 0 Å². The number of rotatable bonds is 5. The highest BCUT2D eigenvalue weighted by Crippen LogP contribution is 2.36. The summed E-state index contributed by atoms with van der Waals surface area (Å²) in [6, 6.07) is 22.5. The Morgan fingerprint density at radius 3 is 2.29 bits per heavy atom. The molecule has 0 amide bonds. The topological polar surface area (TPSA) is 52.4 Å². The van der Waals surface area contributed by atoms with Crippen molar-refractivity contribution in [1.82, 2.24) is 0 Å². The summed E-state index contributed by atoms with van der Waals surface area (Å²) in [5.41, 5.74) is 2.18. The van der Waals surface area contributed by atoms with E-state index >= 15 is 0 Å². The van der Waals surface area contributed by atoms with Gasteiger partial charge in [0.15, 0.2) is 0 Å². The summed E-state index contributed by atoms with van der Waals surface area (Å²) in [4.78, 5) is 12.3. The molecule has 0 fully saturated rings. The molecule has 0 aliphatic rings. The van der Waals surface area contributed by atoms with Crippen LogP contribution >= 0.6 is 11.8 Å². The van der Waals surface area contributed by atoms with E-state index in [0.29, 0.717) is 4.90 Å². The molecule has 0 N–H and O–H groups in total. The number of benzene rings is 3. The Labute approximate surface area is 144 Å². The molecule has 3 aromatic rings. The smallest absolute Gasteiger partial charge is 0.283 e. The lowest BCUT2D eigenvalue weighted by Crippen LogP contribution is -1.90. The van der Waals surface area contributed by atoms with Crippen molar-refractivity contribution in [1.29, 1.82) is 0 Å². The predicted molar refractivity (Wildman–Crippen MR) is 95.6 cm³/mol. The van der Waals surface area contributed by atoms with Gasteiger partial charge in [0.1, 0.15) is 5.75 Å². The number of methoxy groups -OCH3 is 1. The monoisotopic (exact) mass is 337 g/mol. The van der Waals surface area contributed by atoms with Crippen molar-refractivity contribution < 1.29 is 9.66 Å². The minimum Gasteiger partial charge on any atom is -0.496 e. The van der Waals surface area contributed by atoms with Gasteiger partial charge < -0.3 is 4.74 Å². The fourth-order valence-corrected chi connectivity index (χ4v) is 3.33. The molecule has 3 aromatic carbocycles. The van der Waals surface area contributed by atoms with Crippen LogP contribution in [0.2, 0.25) is 0 Å². The van der Waals surface area contributed by atoms with Crippen molar-refractivity contribution in [3.05, 3.63) is 82.9 Å². The lowest BCUT2D eigenvalue weighted by molar-refractivity contribution is -0.387. The predicted octanol–water partition coefficient (Wildman–Crippen LogP) is 5.42. The minimum absolute atomic E-state index is 0.122. The zero-order valence-electron chi connectivity index (χ0n) is 13.0.